The molecule has 1 amide bonds. The van der Waals surface area contributed by atoms with E-state index < -0.39 is 57.6 Å². The Balaban J connectivity index is 3.99. The van der Waals surface area contributed by atoms with Gasteiger partial charge in [-0.1, -0.05) is 151 Å². The number of aliphatic hydroxyl groups is 1. The highest BCUT2D eigenvalue weighted by Crippen LogP contribution is 2.43. The maximum absolute atomic E-state index is 12.3. The minimum atomic E-state index is -4.78. The number of ether oxygens (including phenoxy) is 1. The molecule has 0 aliphatic carbocycles. The number of esters is 1. The van der Waals surface area contributed by atoms with E-state index in [1.54, 1.807) is 0 Å². The lowest BCUT2D eigenvalue weighted by molar-refractivity contribution is -0.147. The summed E-state index contributed by atoms with van der Waals surface area (Å²) in [6.45, 7) is 2.42. The number of hydrogen-bond acceptors (Lipinski definition) is 8. The third-order valence-electron chi connectivity index (χ3n) is 8.98. The first-order valence-electron chi connectivity index (χ1n) is 22.0. The third-order valence-corrected chi connectivity index (χ3v) is 9.93. The topological polar surface area (TPSA) is 169 Å². The number of amides is 1. The first kappa shape index (κ1) is 54.9. The van der Waals surface area contributed by atoms with Crippen LogP contribution in [0.25, 0.3) is 0 Å². The second kappa shape index (κ2) is 40.7. The normalized spacial score (nSPS) is 14.4. The van der Waals surface area contributed by atoms with Gasteiger partial charge in [-0.25, -0.2) is 9.36 Å². The number of carbonyl (C=O) groups is 3. The fourth-order valence-electron chi connectivity index (χ4n) is 5.58. The lowest BCUT2D eigenvalue weighted by Crippen LogP contribution is -2.43. The zero-order chi connectivity index (χ0) is 42.8. The molecule has 4 N–H and O–H groups in total. The van der Waals surface area contributed by atoms with Crippen molar-refractivity contribution in [3.8, 4) is 0 Å². The summed E-state index contributed by atoms with van der Waals surface area (Å²) in [6.07, 6.45) is 47.9. The number of rotatable bonds is 40. The standard InChI is InChI=1S/C46H78NO10P/c1-3-5-7-9-11-13-15-17-19-21-23-25-27-29-31-33-35-37-44(49)47-43(46(51)52)41-57-58(53,54)56-40-42(48)39-55-45(50)38-36-34-32-30-28-26-24-22-20-18-16-14-12-10-8-6-4-2/h5,7,11,13,17-20,23,25,29,31,42-43,48H,3-4,6,8-10,12,14-16,21-22,24,26-28,30,32-41H2,1-2H3,(H,47,49)(H,51,52)(H,53,54)/b7-5-,13-11-,19-17-,20-18-,25-23-,31-29-. The molecule has 3 unspecified atom stereocenters. The second-order valence-electron chi connectivity index (χ2n) is 14.5. The Kier molecular flexibility index (Phi) is 38.5. The molecule has 0 aliphatic rings. The number of hydrogen-bond donors (Lipinski definition) is 4. The SMILES string of the molecule is CC/C=C\C/C=C\C/C=C\C/C=C\C/C=C\CCCC(=O)NC(COP(=O)(O)OCC(O)COC(=O)CCCCCCCCC/C=C\CCCCCCCC)C(=O)O. The first-order valence-corrected chi connectivity index (χ1v) is 23.5. The number of aliphatic carboxylic acids is 1. The van der Waals surface area contributed by atoms with E-state index in [0.29, 0.717) is 19.3 Å². The van der Waals surface area contributed by atoms with Crippen LogP contribution in [0.15, 0.2) is 72.9 Å². The fraction of sp³-hybridized carbons (Fsp3) is 0.674. The summed E-state index contributed by atoms with van der Waals surface area (Å²) in [5.41, 5.74) is 0. The largest absolute Gasteiger partial charge is 0.480 e. The van der Waals surface area contributed by atoms with Crippen LogP contribution in [0.3, 0.4) is 0 Å². The van der Waals surface area contributed by atoms with E-state index in [-0.39, 0.29) is 12.8 Å². The number of unbranched alkanes of at least 4 members (excludes halogenated alkanes) is 14. The van der Waals surface area contributed by atoms with E-state index in [9.17, 15) is 34.1 Å². The predicted molar refractivity (Wildman–Crippen MR) is 235 cm³/mol. The maximum atomic E-state index is 12.3. The van der Waals surface area contributed by atoms with Gasteiger partial charge in [0.1, 0.15) is 12.7 Å². The van der Waals surface area contributed by atoms with Crippen molar-refractivity contribution in [3.63, 3.8) is 0 Å². The molecule has 0 bridgehead atoms. The Morgan fingerprint density at radius 1 is 0.569 bits per heavy atom. The fourth-order valence-corrected chi connectivity index (χ4v) is 6.35. The minimum absolute atomic E-state index is 0.0635. The van der Waals surface area contributed by atoms with Gasteiger partial charge in [0.05, 0.1) is 13.2 Å². The van der Waals surface area contributed by atoms with Gasteiger partial charge in [-0.3, -0.25) is 18.6 Å². The van der Waals surface area contributed by atoms with Crippen molar-refractivity contribution in [3.05, 3.63) is 72.9 Å². The molecule has 0 spiro atoms. The molecule has 58 heavy (non-hydrogen) atoms. The van der Waals surface area contributed by atoms with Gasteiger partial charge in [0.25, 0.3) is 0 Å². The van der Waals surface area contributed by atoms with E-state index >= 15 is 0 Å². The molecule has 0 fully saturated rings. The molecule has 0 radical (unpaired) electrons. The van der Waals surface area contributed by atoms with Crippen molar-refractivity contribution in [1.29, 1.82) is 0 Å². The molecule has 3 atom stereocenters. The number of nitrogens with one attached hydrogen (secondary N) is 1. The molecule has 0 rings (SSSR count). The van der Waals surface area contributed by atoms with E-state index in [1.165, 1.54) is 64.2 Å². The van der Waals surface area contributed by atoms with Gasteiger partial charge >= 0.3 is 19.8 Å². The Hall–Kier alpha value is -3.08. The molecular formula is C46H78NO10P. The van der Waals surface area contributed by atoms with E-state index in [1.807, 2.05) is 12.2 Å². The number of phosphoric ester groups is 1. The Bertz CT molecular complexity index is 1260. The molecule has 0 aliphatic heterocycles. The summed E-state index contributed by atoms with van der Waals surface area (Å²) in [5.74, 6) is -2.47. The summed E-state index contributed by atoms with van der Waals surface area (Å²) >= 11 is 0. The third kappa shape index (κ3) is 39.7. The van der Waals surface area contributed by atoms with Crippen LogP contribution in [0.2, 0.25) is 0 Å². The summed E-state index contributed by atoms with van der Waals surface area (Å²) in [5, 5.41) is 21.8. The zero-order valence-corrected chi connectivity index (χ0v) is 36.7. The summed E-state index contributed by atoms with van der Waals surface area (Å²) < 4.78 is 26.8. The van der Waals surface area contributed by atoms with Crippen molar-refractivity contribution in [2.24, 2.45) is 0 Å². The van der Waals surface area contributed by atoms with Crippen LogP contribution in [-0.2, 0) is 32.7 Å². The first-order chi connectivity index (χ1) is 28.1. The summed E-state index contributed by atoms with van der Waals surface area (Å²) in [4.78, 5) is 45.9. The van der Waals surface area contributed by atoms with Crippen LogP contribution in [0.5, 0.6) is 0 Å². The van der Waals surface area contributed by atoms with Crippen molar-refractivity contribution in [1.82, 2.24) is 5.32 Å². The van der Waals surface area contributed by atoms with Crippen molar-refractivity contribution in [2.45, 2.75) is 180 Å². The second-order valence-corrected chi connectivity index (χ2v) is 16.0. The lowest BCUT2D eigenvalue weighted by atomic mass is 10.1. The monoisotopic (exact) mass is 836 g/mol. The Morgan fingerprint density at radius 3 is 1.55 bits per heavy atom. The molecule has 0 saturated heterocycles. The number of aliphatic hydroxyl groups excluding tert-OH is 1. The van der Waals surface area contributed by atoms with E-state index in [4.69, 9.17) is 13.8 Å². The van der Waals surface area contributed by atoms with Crippen LogP contribution in [0, 0.1) is 0 Å². The lowest BCUT2D eigenvalue weighted by Gasteiger charge is -2.18. The molecule has 11 nitrogen and oxygen atoms in total. The number of allylic oxidation sites excluding steroid dienone is 12. The number of carboxylic acid groups (broad SMARTS) is 1. The molecule has 332 valence electrons. The van der Waals surface area contributed by atoms with Gasteiger partial charge in [0, 0.05) is 12.8 Å². The van der Waals surface area contributed by atoms with Gasteiger partial charge in [0.15, 0.2) is 6.04 Å². The molecule has 0 aromatic carbocycles. The zero-order valence-electron chi connectivity index (χ0n) is 35.8. The highest BCUT2D eigenvalue weighted by Gasteiger charge is 2.28. The van der Waals surface area contributed by atoms with Crippen LogP contribution in [0.1, 0.15) is 168 Å². The van der Waals surface area contributed by atoms with E-state index in [2.05, 4.69) is 79.9 Å². The molecule has 0 heterocycles. The highest BCUT2D eigenvalue weighted by molar-refractivity contribution is 7.47. The van der Waals surface area contributed by atoms with Gasteiger partial charge in [0.2, 0.25) is 5.91 Å². The minimum Gasteiger partial charge on any atom is -0.480 e. The van der Waals surface area contributed by atoms with Crippen LogP contribution in [-0.4, -0.2) is 64.9 Å². The molecular weight excluding hydrogens is 757 g/mol. The Morgan fingerprint density at radius 2 is 1.02 bits per heavy atom. The molecule has 0 aromatic rings. The summed E-state index contributed by atoms with van der Waals surface area (Å²) in [6, 6.07) is -1.58. The molecule has 0 aromatic heterocycles. The average molecular weight is 836 g/mol. The van der Waals surface area contributed by atoms with Gasteiger partial charge in [-0.05, 0) is 77.0 Å². The van der Waals surface area contributed by atoms with Crippen LogP contribution < -0.4 is 5.32 Å². The van der Waals surface area contributed by atoms with Crippen molar-refractivity contribution >= 4 is 25.7 Å². The summed E-state index contributed by atoms with van der Waals surface area (Å²) in [7, 11) is -4.78. The van der Waals surface area contributed by atoms with Crippen molar-refractivity contribution < 1.29 is 47.8 Å². The average Bonchev–Trinajstić information content (AvgIpc) is 3.20. The van der Waals surface area contributed by atoms with Crippen molar-refractivity contribution in [2.75, 3.05) is 19.8 Å². The molecule has 0 saturated carbocycles. The number of carbonyl (C=O) groups excluding carboxylic acids is 2. The highest BCUT2D eigenvalue weighted by atomic mass is 31.2. The smallest absolute Gasteiger partial charge is 0.472 e. The number of phosphoric acid groups is 1. The van der Waals surface area contributed by atoms with Gasteiger partial charge in [-0.2, -0.15) is 0 Å². The number of carboxylic acids is 1. The predicted octanol–water partition coefficient (Wildman–Crippen LogP) is 11.3. The van der Waals surface area contributed by atoms with Gasteiger partial charge in [-0.15, -0.1) is 0 Å². The molecule has 12 heteroatoms. The maximum Gasteiger partial charge on any atom is 0.472 e. The van der Waals surface area contributed by atoms with Gasteiger partial charge < -0.3 is 25.2 Å². The van der Waals surface area contributed by atoms with E-state index in [0.717, 1.165) is 57.8 Å². The van der Waals surface area contributed by atoms with Crippen LogP contribution in [0.4, 0.5) is 0 Å². The Labute approximate surface area is 350 Å². The van der Waals surface area contributed by atoms with Crippen LogP contribution >= 0.6 is 7.82 Å². The quantitative estimate of drug-likeness (QED) is 0.0202.